The highest BCUT2D eigenvalue weighted by Crippen LogP contribution is 2.35. The summed E-state index contributed by atoms with van der Waals surface area (Å²) in [6.07, 6.45) is -2.58. The molecule has 2 aromatic carbocycles. The second-order valence-electron chi connectivity index (χ2n) is 6.57. The SMILES string of the molecule is COc1ccc(F)c(F)c1-c1ccc2c(Nc3ccc(C(F)(F)F)cc3)c[nH]c2n1.NC=O. The number of halogens is 5. The van der Waals surface area contributed by atoms with Crippen molar-refractivity contribution in [1.82, 2.24) is 9.97 Å². The van der Waals surface area contributed by atoms with Gasteiger partial charge in [0.2, 0.25) is 6.41 Å². The van der Waals surface area contributed by atoms with Crippen molar-refractivity contribution < 1.29 is 31.5 Å². The average molecular weight is 464 g/mol. The molecule has 0 bridgehead atoms. The number of primary amides is 1. The summed E-state index contributed by atoms with van der Waals surface area (Å²) in [4.78, 5) is 15.8. The molecule has 0 aliphatic rings. The lowest BCUT2D eigenvalue weighted by Crippen LogP contribution is -2.04. The number of H-pyrrole nitrogens is 1. The van der Waals surface area contributed by atoms with Gasteiger partial charge in [0.1, 0.15) is 11.4 Å². The van der Waals surface area contributed by atoms with Crippen molar-refractivity contribution in [2.24, 2.45) is 5.73 Å². The molecule has 0 spiro atoms. The Bertz CT molecular complexity index is 1270. The van der Waals surface area contributed by atoms with Crippen molar-refractivity contribution in [2.75, 3.05) is 12.4 Å². The Morgan fingerprint density at radius 1 is 1.06 bits per heavy atom. The molecule has 4 rings (SSSR count). The van der Waals surface area contributed by atoms with Gasteiger partial charge in [0.25, 0.3) is 0 Å². The molecular formula is C22H17F5N4O2. The number of carbonyl (C=O) groups is 1. The van der Waals surface area contributed by atoms with E-state index < -0.39 is 23.4 Å². The molecule has 0 aliphatic carbocycles. The molecule has 0 unspecified atom stereocenters. The molecule has 172 valence electrons. The van der Waals surface area contributed by atoms with Crippen molar-refractivity contribution >= 4 is 28.8 Å². The van der Waals surface area contributed by atoms with E-state index in [-0.39, 0.29) is 23.4 Å². The lowest BCUT2D eigenvalue weighted by Gasteiger charge is -2.10. The van der Waals surface area contributed by atoms with Crippen LogP contribution in [-0.2, 0) is 11.0 Å². The minimum atomic E-state index is -4.41. The summed E-state index contributed by atoms with van der Waals surface area (Å²) in [5.74, 6) is -1.96. The molecule has 0 saturated carbocycles. The summed E-state index contributed by atoms with van der Waals surface area (Å²) < 4.78 is 71.3. The van der Waals surface area contributed by atoms with Gasteiger partial charge in [-0.05, 0) is 48.5 Å². The number of nitrogens with one attached hydrogen (secondary N) is 2. The number of methoxy groups -OCH3 is 1. The normalized spacial score (nSPS) is 11.0. The van der Waals surface area contributed by atoms with Gasteiger partial charge in [0.05, 0.1) is 29.6 Å². The fourth-order valence-corrected chi connectivity index (χ4v) is 3.09. The summed E-state index contributed by atoms with van der Waals surface area (Å²) >= 11 is 0. The molecule has 0 fully saturated rings. The van der Waals surface area contributed by atoms with E-state index in [0.717, 1.165) is 18.2 Å². The molecule has 6 nitrogen and oxygen atoms in total. The molecule has 1 amide bonds. The molecule has 4 N–H and O–H groups in total. The van der Waals surface area contributed by atoms with Gasteiger partial charge in [0, 0.05) is 17.3 Å². The first-order valence-corrected chi connectivity index (χ1v) is 9.29. The molecule has 4 aromatic rings. The monoisotopic (exact) mass is 464 g/mol. The second kappa shape index (κ2) is 9.55. The zero-order valence-electron chi connectivity index (χ0n) is 17.0. The van der Waals surface area contributed by atoms with E-state index in [1.165, 1.54) is 31.4 Å². The third kappa shape index (κ3) is 5.03. The highest BCUT2D eigenvalue weighted by Gasteiger charge is 2.30. The number of carbonyl (C=O) groups excluding carboxylic acids is 1. The first-order chi connectivity index (χ1) is 15.7. The van der Waals surface area contributed by atoms with E-state index in [1.807, 2.05) is 0 Å². The fourth-order valence-electron chi connectivity index (χ4n) is 3.09. The third-order valence-corrected chi connectivity index (χ3v) is 4.56. The lowest BCUT2D eigenvalue weighted by atomic mass is 10.1. The number of benzene rings is 2. The number of amides is 1. The molecule has 0 aliphatic heterocycles. The summed E-state index contributed by atoms with van der Waals surface area (Å²) in [6.45, 7) is 0. The minimum absolute atomic E-state index is 0.105. The Morgan fingerprint density at radius 3 is 2.33 bits per heavy atom. The molecule has 2 aromatic heterocycles. The van der Waals surface area contributed by atoms with Crippen LogP contribution in [0.3, 0.4) is 0 Å². The molecule has 0 radical (unpaired) electrons. The molecular weight excluding hydrogens is 447 g/mol. The van der Waals surface area contributed by atoms with Crippen LogP contribution in [0.25, 0.3) is 22.3 Å². The van der Waals surface area contributed by atoms with Crippen LogP contribution in [-0.4, -0.2) is 23.5 Å². The summed E-state index contributed by atoms with van der Waals surface area (Å²) in [5.41, 5.74) is 4.88. The number of anilines is 2. The summed E-state index contributed by atoms with van der Waals surface area (Å²) in [6, 6.07) is 10.0. The summed E-state index contributed by atoms with van der Waals surface area (Å²) in [5, 5.41) is 3.63. The van der Waals surface area contributed by atoms with Gasteiger partial charge in [-0.25, -0.2) is 13.8 Å². The van der Waals surface area contributed by atoms with E-state index in [9.17, 15) is 22.0 Å². The van der Waals surface area contributed by atoms with Crippen molar-refractivity contribution in [3.63, 3.8) is 0 Å². The number of aromatic nitrogens is 2. The maximum atomic E-state index is 14.3. The highest BCUT2D eigenvalue weighted by atomic mass is 19.4. The van der Waals surface area contributed by atoms with Crippen LogP contribution in [0.5, 0.6) is 5.75 Å². The lowest BCUT2D eigenvalue weighted by molar-refractivity contribution is -0.137. The van der Waals surface area contributed by atoms with Gasteiger partial charge < -0.3 is 20.8 Å². The third-order valence-electron chi connectivity index (χ3n) is 4.56. The minimum Gasteiger partial charge on any atom is -0.496 e. The van der Waals surface area contributed by atoms with Crippen LogP contribution in [0.4, 0.5) is 33.3 Å². The van der Waals surface area contributed by atoms with Gasteiger partial charge in [0.15, 0.2) is 11.6 Å². The predicted octanol–water partition coefficient (Wildman–Crippen LogP) is 5.38. The maximum absolute atomic E-state index is 14.3. The Balaban J connectivity index is 0.000000968. The van der Waals surface area contributed by atoms with Crippen molar-refractivity contribution in [3.05, 3.63) is 71.9 Å². The van der Waals surface area contributed by atoms with E-state index in [4.69, 9.17) is 9.53 Å². The number of alkyl halides is 3. The topological polar surface area (TPSA) is 93.0 Å². The first-order valence-electron chi connectivity index (χ1n) is 9.29. The average Bonchev–Trinajstić information content (AvgIpc) is 3.17. The number of hydrogen-bond acceptors (Lipinski definition) is 4. The Kier molecular flexibility index (Phi) is 6.80. The number of nitrogens with zero attached hydrogens (tertiary/aromatic N) is 1. The van der Waals surface area contributed by atoms with Crippen molar-refractivity contribution in [3.8, 4) is 17.0 Å². The number of rotatable bonds is 4. The molecule has 0 saturated heterocycles. The van der Waals surface area contributed by atoms with Crippen LogP contribution in [0.1, 0.15) is 5.56 Å². The first kappa shape index (κ1) is 23.5. The molecule has 0 atom stereocenters. The van der Waals surface area contributed by atoms with E-state index >= 15 is 0 Å². The number of pyridine rings is 1. The number of nitrogens with two attached hydrogens (primary N) is 1. The standard InChI is InChI=1S/C21H14F5N3O.CH3NO/c1-30-17-9-7-14(22)19(23)18(17)15-8-6-13-16(10-27-20(13)29-15)28-12-4-2-11(3-5-12)21(24,25)26;2-1-3/h2-10,28H,1H3,(H,27,29);1H,(H2,2,3). The Labute approximate surface area is 184 Å². The van der Waals surface area contributed by atoms with E-state index in [0.29, 0.717) is 22.4 Å². The van der Waals surface area contributed by atoms with E-state index in [1.54, 1.807) is 12.3 Å². The number of ether oxygens (including phenoxy) is 1. The van der Waals surface area contributed by atoms with Crippen molar-refractivity contribution in [1.29, 1.82) is 0 Å². The van der Waals surface area contributed by atoms with Crippen LogP contribution in [0.2, 0.25) is 0 Å². The number of hydrogen-bond donors (Lipinski definition) is 3. The number of aromatic amines is 1. The number of fused-ring (bicyclic) bond motifs is 1. The summed E-state index contributed by atoms with van der Waals surface area (Å²) in [7, 11) is 1.34. The van der Waals surface area contributed by atoms with Crippen molar-refractivity contribution in [2.45, 2.75) is 6.18 Å². The zero-order chi connectivity index (χ0) is 24.2. The fraction of sp³-hybridized carbons (Fsp3) is 0.0909. The van der Waals surface area contributed by atoms with Gasteiger partial charge in [-0.2, -0.15) is 13.2 Å². The smallest absolute Gasteiger partial charge is 0.416 e. The maximum Gasteiger partial charge on any atom is 0.416 e. The molecule has 2 heterocycles. The molecule has 11 heteroatoms. The largest absolute Gasteiger partial charge is 0.496 e. The van der Waals surface area contributed by atoms with Crippen LogP contribution in [0, 0.1) is 11.6 Å². The predicted molar refractivity (Wildman–Crippen MR) is 113 cm³/mol. The molecule has 33 heavy (non-hydrogen) atoms. The van der Waals surface area contributed by atoms with Crippen LogP contribution < -0.4 is 15.8 Å². The van der Waals surface area contributed by atoms with Gasteiger partial charge in [-0.15, -0.1) is 0 Å². The van der Waals surface area contributed by atoms with Crippen LogP contribution >= 0.6 is 0 Å². The van der Waals surface area contributed by atoms with E-state index in [2.05, 4.69) is 21.0 Å². The Morgan fingerprint density at radius 2 is 1.73 bits per heavy atom. The second-order valence-corrected chi connectivity index (χ2v) is 6.57. The van der Waals surface area contributed by atoms with Crippen LogP contribution in [0.15, 0.2) is 54.7 Å². The van der Waals surface area contributed by atoms with Gasteiger partial charge >= 0.3 is 6.18 Å². The zero-order valence-corrected chi connectivity index (χ0v) is 17.0. The Hall–Kier alpha value is -4.15. The van der Waals surface area contributed by atoms with Gasteiger partial charge in [-0.3, -0.25) is 4.79 Å². The van der Waals surface area contributed by atoms with Gasteiger partial charge in [-0.1, -0.05) is 0 Å². The highest BCUT2D eigenvalue weighted by molar-refractivity contribution is 5.93. The quantitative estimate of drug-likeness (QED) is 0.279.